The Hall–Kier alpha value is -5.46. The quantitative estimate of drug-likeness (QED) is 0.154. The Morgan fingerprint density at radius 2 is 1.61 bits per heavy atom. The summed E-state index contributed by atoms with van der Waals surface area (Å²) in [7, 11) is 1.54. The van der Waals surface area contributed by atoms with E-state index in [1.165, 1.54) is 12.1 Å². The van der Waals surface area contributed by atoms with Crippen LogP contribution < -0.4 is 27.4 Å². The molecule has 182 valence electrons. The molecule has 0 radical (unpaired) electrons. The van der Waals surface area contributed by atoms with E-state index in [4.69, 9.17) is 11.5 Å². The standard InChI is InChI=1S/C23H21N9O4/c1-26-20(33)14-4-8-17(9-5-14)27-22-29-21(25)31(30-22)23(34)28-18-6-2-13(3-7-18)15-10-16(24)12-19(11-15)32(35)36/h2-12H,24H2,1H3,(H,26,33)(H,28,34)(H3,25,27,29,30). The third-order valence-corrected chi connectivity index (χ3v) is 5.08. The summed E-state index contributed by atoms with van der Waals surface area (Å²) >= 11 is 0. The number of nitrogens with one attached hydrogen (secondary N) is 3. The van der Waals surface area contributed by atoms with Crippen LogP contribution in [0.5, 0.6) is 0 Å². The molecular weight excluding hydrogens is 466 g/mol. The summed E-state index contributed by atoms with van der Waals surface area (Å²) in [6.45, 7) is 0. The zero-order chi connectivity index (χ0) is 25.8. The number of carbonyl (C=O) groups excluding carboxylic acids is 2. The second kappa shape index (κ2) is 9.80. The second-order valence-electron chi connectivity index (χ2n) is 7.56. The van der Waals surface area contributed by atoms with Crippen molar-refractivity contribution in [3.63, 3.8) is 0 Å². The number of aromatic nitrogens is 3. The molecule has 1 aromatic heterocycles. The highest BCUT2D eigenvalue weighted by atomic mass is 16.6. The summed E-state index contributed by atoms with van der Waals surface area (Å²) in [6, 6.07) is 16.9. The van der Waals surface area contributed by atoms with E-state index in [0.717, 1.165) is 4.68 Å². The van der Waals surface area contributed by atoms with E-state index >= 15 is 0 Å². The smallest absolute Gasteiger partial charge is 0.349 e. The number of amides is 2. The second-order valence-corrected chi connectivity index (χ2v) is 7.56. The third kappa shape index (κ3) is 5.20. The molecule has 0 aliphatic heterocycles. The van der Waals surface area contributed by atoms with Crippen LogP contribution in [0.3, 0.4) is 0 Å². The maximum absolute atomic E-state index is 12.7. The Morgan fingerprint density at radius 1 is 0.944 bits per heavy atom. The minimum atomic E-state index is -0.643. The van der Waals surface area contributed by atoms with Crippen molar-refractivity contribution in [3.05, 3.63) is 82.4 Å². The zero-order valence-electron chi connectivity index (χ0n) is 18.9. The van der Waals surface area contributed by atoms with E-state index in [-0.39, 0.29) is 29.2 Å². The minimum absolute atomic E-state index is 0.0916. The van der Waals surface area contributed by atoms with Crippen LogP contribution >= 0.6 is 0 Å². The van der Waals surface area contributed by atoms with Gasteiger partial charge in [-0.25, -0.2) is 4.79 Å². The van der Waals surface area contributed by atoms with Gasteiger partial charge < -0.3 is 27.4 Å². The van der Waals surface area contributed by atoms with E-state index in [1.807, 2.05) is 0 Å². The van der Waals surface area contributed by atoms with Crippen LogP contribution in [0, 0.1) is 10.1 Å². The summed E-state index contributed by atoms with van der Waals surface area (Å²) < 4.78 is 0.899. The summed E-state index contributed by atoms with van der Waals surface area (Å²) in [5, 5.41) is 23.3. The van der Waals surface area contributed by atoms with Crippen LogP contribution in [0.15, 0.2) is 66.7 Å². The number of nitrogen functional groups attached to an aromatic ring is 2. The molecule has 0 aliphatic rings. The lowest BCUT2D eigenvalue weighted by atomic mass is 10.0. The number of carbonyl (C=O) groups is 2. The van der Waals surface area contributed by atoms with Gasteiger partial charge in [0, 0.05) is 41.8 Å². The van der Waals surface area contributed by atoms with Crippen molar-refractivity contribution in [2.45, 2.75) is 0 Å². The molecule has 4 rings (SSSR count). The number of hydrogen-bond acceptors (Lipinski definition) is 9. The first-order chi connectivity index (χ1) is 17.2. The van der Waals surface area contributed by atoms with Crippen LogP contribution in [0.2, 0.25) is 0 Å². The highest BCUT2D eigenvalue weighted by molar-refractivity contribution is 5.94. The Kier molecular flexibility index (Phi) is 6.45. The lowest BCUT2D eigenvalue weighted by Gasteiger charge is -2.08. The van der Waals surface area contributed by atoms with Crippen LogP contribution in [0.1, 0.15) is 10.4 Å². The lowest BCUT2D eigenvalue weighted by Crippen LogP contribution is -2.22. The number of hydrogen-bond donors (Lipinski definition) is 5. The molecule has 0 unspecified atom stereocenters. The van der Waals surface area contributed by atoms with Crippen molar-refractivity contribution >= 4 is 46.6 Å². The fraction of sp³-hybridized carbons (Fsp3) is 0.0435. The van der Waals surface area contributed by atoms with Gasteiger partial charge in [0.2, 0.25) is 11.9 Å². The van der Waals surface area contributed by atoms with Gasteiger partial charge in [-0.2, -0.15) is 4.98 Å². The molecule has 0 aliphatic carbocycles. The van der Waals surface area contributed by atoms with Gasteiger partial charge in [0.25, 0.3) is 11.6 Å². The van der Waals surface area contributed by atoms with Gasteiger partial charge in [0.1, 0.15) is 0 Å². The Morgan fingerprint density at radius 3 is 2.25 bits per heavy atom. The van der Waals surface area contributed by atoms with Crippen LogP contribution in [-0.4, -0.2) is 38.7 Å². The Balaban J connectivity index is 1.45. The van der Waals surface area contributed by atoms with E-state index in [9.17, 15) is 19.7 Å². The predicted molar refractivity (Wildman–Crippen MR) is 135 cm³/mol. The fourth-order valence-corrected chi connectivity index (χ4v) is 3.33. The van der Waals surface area contributed by atoms with E-state index < -0.39 is 11.0 Å². The van der Waals surface area contributed by atoms with Gasteiger partial charge in [0.05, 0.1) is 4.92 Å². The Labute approximate surface area is 204 Å². The van der Waals surface area contributed by atoms with Gasteiger partial charge in [0.15, 0.2) is 0 Å². The number of benzene rings is 3. The molecular formula is C23H21N9O4. The fourth-order valence-electron chi connectivity index (χ4n) is 3.33. The van der Waals surface area contributed by atoms with Crippen molar-refractivity contribution < 1.29 is 14.5 Å². The summed E-state index contributed by atoms with van der Waals surface area (Å²) in [4.78, 5) is 38.9. The molecule has 4 aromatic rings. The first kappa shape index (κ1) is 23.7. The number of nitrogens with two attached hydrogens (primary N) is 2. The van der Waals surface area contributed by atoms with Crippen LogP contribution in [0.4, 0.5) is 39.4 Å². The summed E-state index contributed by atoms with van der Waals surface area (Å²) in [5.74, 6) is -0.262. The van der Waals surface area contributed by atoms with Gasteiger partial charge in [-0.1, -0.05) is 12.1 Å². The third-order valence-electron chi connectivity index (χ3n) is 5.08. The molecule has 0 fully saturated rings. The molecule has 36 heavy (non-hydrogen) atoms. The summed E-state index contributed by atoms with van der Waals surface area (Å²) in [5.41, 5.74) is 14.5. The number of anilines is 5. The van der Waals surface area contributed by atoms with E-state index in [2.05, 4.69) is 26.0 Å². The van der Waals surface area contributed by atoms with E-state index in [0.29, 0.717) is 28.1 Å². The van der Waals surface area contributed by atoms with Crippen molar-refractivity contribution in [3.8, 4) is 11.1 Å². The van der Waals surface area contributed by atoms with Crippen molar-refractivity contribution in [1.29, 1.82) is 0 Å². The molecule has 3 aromatic carbocycles. The molecule has 1 heterocycles. The van der Waals surface area contributed by atoms with Crippen molar-refractivity contribution in [2.24, 2.45) is 0 Å². The average molecular weight is 487 g/mol. The number of nitro groups is 1. The zero-order valence-corrected chi connectivity index (χ0v) is 18.9. The Bertz CT molecular complexity index is 1450. The molecule has 0 atom stereocenters. The molecule has 2 amide bonds. The number of rotatable bonds is 6. The molecule has 13 heteroatoms. The number of non-ortho nitro benzene ring substituents is 1. The first-order valence-corrected chi connectivity index (χ1v) is 10.5. The maximum atomic E-state index is 12.7. The number of nitrogens with zero attached hydrogens (tertiary/aromatic N) is 4. The molecule has 13 nitrogen and oxygen atoms in total. The molecule has 7 N–H and O–H groups in total. The van der Waals surface area contributed by atoms with Gasteiger partial charge >= 0.3 is 6.03 Å². The highest BCUT2D eigenvalue weighted by Gasteiger charge is 2.15. The molecule has 0 bridgehead atoms. The van der Waals surface area contributed by atoms with Crippen LogP contribution in [-0.2, 0) is 0 Å². The van der Waals surface area contributed by atoms with Crippen molar-refractivity contribution in [2.75, 3.05) is 29.1 Å². The molecule has 0 saturated carbocycles. The van der Waals surface area contributed by atoms with Gasteiger partial charge in [-0.15, -0.1) is 9.78 Å². The largest absolute Gasteiger partial charge is 0.399 e. The van der Waals surface area contributed by atoms with Crippen molar-refractivity contribution in [1.82, 2.24) is 20.1 Å². The first-order valence-electron chi connectivity index (χ1n) is 10.5. The van der Waals surface area contributed by atoms with Gasteiger partial charge in [-0.3, -0.25) is 14.9 Å². The molecule has 0 saturated heterocycles. The molecule has 0 spiro atoms. The number of nitro benzene ring substituents is 1. The highest BCUT2D eigenvalue weighted by Crippen LogP contribution is 2.28. The van der Waals surface area contributed by atoms with Gasteiger partial charge in [-0.05, 0) is 53.6 Å². The average Bonchev–Trinajstić information content (AvgIpc) is 3.24. The lowest BCUT2D eigenvalue weighted by molar-refractivity contribution is -0.384. The normalized spacial score (nSPS) is 10.5. The SMILES string of the molecule is CNC(=O)c1ccc(Nc2nc(N)n(C(=O)Nc3ccc(-c4cc(N)cc([N+](=O)[O-])c4)cc3)n2)cc1. The monoisotopic (exact) mass is 487 g/mol. The summed E-state index contributed by atoms with van der Waals surface area (Å²) in [6.07, 6.45) is 0. The topological polar surface area (TPSA) is 196 Å². The van der Waals surface area contributed by atoms with E-state index in [1.54, 1.807) is 61.6 Å². The minimum Gasteiger partial charge on any atom is -0.399 e. The predicted octanol–water partition coefficient (Wildman–Crippen LogP) is 3.20. The van der Waals surface area contributed by atoms with Crippen LogP contribution in [0.25, 0.3) is 11.1 Å². The maximum Gasteiger partial charge on any atom is 0.349 e.